The van der Waals surface area contributed by atoms with E-state index in [1.54, 1.807) is 20.0 Å². The molecule has 0 aromatic rings. The zero-order valence-electron chi connectivity index (χ0n) is 7.59. The van der Waals surface area contributed by atoms with Crippen molar-refractivity contribution in [3.63, 3.8) is 0 Å². The van der Waals surface area contributed by atoms with Gasteiger partial charge in [-0.2, -0.15) is 0 Å². The molecule has 12 heavy (non-hydrogen) atoms. The summed E-state index contributed by atoms with van der Waals surface area (Å²) in [5, 5.41) is 0.123. The van der Waals surface area contributed by atoms with E-state index in [-0.39, 0.29) is 11.1 Å². The summed E-state index contributed by atoms with van der Waals surface area (Å²) < 4.78 is 0. The van der Waals surface area contributed by atoms with Gasteiger partial charge < -0.3 is 0 Å². The molecule has 0 saturated carbocycles. The molecule has 0 atom stereocenters. The first-order valence-electron chi connectivity index (χ1n) is 3.53. The van der Waals surface area contributed by atoms with Gasteiger partial charge >= 0.3 is 74.5 Å². The van der Waals surface area contributed by atoms with Crippen molar-refractivity contribution < 1.29 is 4.79 Å². The fourth-order valence-electron chi connectivity index (χ4n) is 0.584. The van der Waals surface area contributed by atoms with Gasteiger partial charge in [0, 0.05) is 0 Å². The van der Waals surface area contributed by atoms with E-state index in [2.05, 4.69) is 4.99 Å². The van der Waals surface area contributed by atoms with Crippen LogP contribution in [0.3, 0.4) is 0 Å². The summed E-state index contributed by atoms with van der Waals surface area (Å²) in [6.45, 7) is 3.17. The molecular weight excluding hydrogens is 148 g/mol. The number of ketones is 1. The van der Waals surface area contributed by atoms with Crippen molar-refractivity contribution in [2.75, 3.05) is 7.05 Å². The van der Waals surface area contributed by atoms with Crippen molar-refractivity contribution in [2.45, 2.75) is 13.8 Å². The standard InChI is InChI=1S/C8H10B2NO/c1-5(6(2)12)4-7(11-3)8(9)10/h4H,1-3H3/b5-4+,11-7?. The van der Waals surface area contributed by atoms with Gasteiger partial charge in [0.25, 0.3) is 0 Å². The first kappa shape index (κ1) is 11.1. The normalized spacial score (nSPS) is 12.8. The fraction of sp³-hybridized carbons (Fsp3) is 0.375. The third-order valence-electron chi connectivity index (χ3n) is 1.45. The number of hydrogen-bond acceptors (Lipinski definition) is 2. The Morgan fingerprint density at radius 2 is 1.92 bits per heavy atom. The van der Waals surface area contributed by atoms with E-state index in [1.165, 1.54) is 6.92 Å². The van der Waals surface area contributed by atoms with Gasteiger partial charge in [-0.1, -0.05) is 0 Å². The molecule has 0 amide bonds. The second kappa shape index (κ2) is 4.86. The van der Waals surface area contributed by atoms with Crippen molar-refractivity contribution in [3.8, 4) is 0 Å². The van der Waals surface area contributed by atoms with Crippen LogP contribution in [0.25, 0.3) is 0 Å². The van der Waals surface area contributed by atoms with Crippen molar-refractivity contribution >= 4 is 32.2 Å². The van der Waals surface area contributed by atoms with E-state index in [9.17, 15) is 4.79 Å². The molecule has 0 N–H and O–H groups in total. The van der Waals surface area contributed by atoms with Crippen LogP contribution in [-0.4, -0.2) is 39.2 Å². The van der Waals surface area contributed by atoms with Crippen molar-refractivity contribution in [1.82, 2.24) is 0 Å². The molecule has 3 radical (unpaired) electrons. The Hall–Kier alpha value is -0.920. The second-order valence-corrected chi connectivity index (χ2v) is 2.45. The summed E-state index contributed by atoms with van der Waals surface area (Å²) in [6, 6.07) is 0. The Bertz CT molecular complexity index is 266. The number of rotatable bonds is 3. The van der Waals surface area contributed by atoms with Crippen LogP contribution in [0.1, 0.15) is 13.8 Å². The molecule has 0 saturated heterocycles. The molecule has 0 aromatic heterocycles. The summed E-state index contributed by atoms with van der Waals surface area (Å²) in [5.41, 5.74) is 1.03. The molecule has 0 bridgehead atoms. The molecular formula is C8H10B2NO. The maximum absolute atomic E-state index is 10.8. The van der Waals surface area contributed by atoms with Gasteiger partial charge in [0.2, 0.25) is 0 Å². The van der Waals surface area contributed by atoms with Gasteiger partial charge in [-0.15, -0.1) is 0 Å². The number of hydrogen-bond donors (Lipinski definition) is 0. The van der Waals surface area contributed by atoms with E-state index in [0.29, 0.717) is 11.3 Å². The third kappa shape index (κ3) is 3.46. The molecule has 2 nitrogen and oxygen atoms in total. The Morgan fingerprint density at radius 3 is 2.17 bits per heavy atom. The Labute approximate surface area is 75.3 Å². The van der Waals surface area contributed by atoms with Crippen molar-refractivity contribution in [3.05, 3.63) is 11.6 Å². The molecule has 0 aliphatic rings. The van der Waals surface area contributed by atoms with Crippen LogP contribution in [-0.2, 0) is 4.79 Å². The van der Waals surface area contributed by atoms with Crippen LogP contribution in [0.5, 0.6) is 0 Å². The molecule has 0 aliphatic carbocycles. The van der Waals surface area contributed by atoms with Gasteiger partial charge in [0.15, 0.2) is 0 Å². The van der Waals surface area contributed by atoms with Crippen LogP contribution in [0, 0.1) is 0 Å². The first-order valence-corrected chi connectivity index (χ1v) is 3.53. The summed E-state index contributed by atoms with van der Waals surface area (Å²) in [7, 11) is 12.2. The predicted molar refractivity (Wildman–Crippen MR) is 54.3 cm³/mol. The zero-order chi connectivity index (χ0) is 9.72. The predicted octanol–water partition coefficient (Wildman–Crippen LogP) is 0.0594. The van der Waals surface area contributed by atoms with Crippen LogP contribution < -0.4 is 0 Å². The summed E-state index contributed by atoms with van der Waals surface area (Å²) >= 11 is 0. The fourth-order valence-corrected chi connectivity index (χ4v) is 0.584. The van der Waals surface area contributed by atoms with Crippen LogP contribution in [0.15, 0.2) is 16.6 Å². The quantitative estimate of drug-likeness (QED) is 0.324. The third-order valence-corrected chi connectivity index (χ3v) is 1.45. The minimum absolute atomic E-state index is 0.0163. The Kier molecular flexibility index (Phi) is 4.48. The molecule has 0 aliphatic heterocycles. The first-order chi connectivity index (χ1) is 5.49. The topological polar surface area (TPSA) is 29.4 Å². The maximum atomic E-state index is 10.8. The van der Waals surface area contributed by atoms with Crippen molar-refractivity contribution in [1.29, 1.82) is 0 Å². The second-order valence-electron chi connectivity index (χ2n) is 2.45. The number of allylic oxidation sites excluding steroid dienone is 2. The molecule has 59 valence electrons. The van der Waals surface area contributed by atoms with Gasteiger partial charge in [-0.25, -0.2) is 0 Å². The molecule has 0 aromatic carbocycles. The summed E-state index contributed by atoms with van der Waals surface area (Å²) in [4.78, 5) is 14.6. The van der Waals surface area contributed by atoms with Crippen LogP contribution in [0.4, 0.5) is 0 Å². The number of aliphatic imine (C=N–C) groups is 1. The van der Waals surface area contributed by atoms with E-state index >= 15 is 0 Å². The SMILES string of the molecule is [B]C(=[B])C(/C=C(\C)C(C)=O)=NC. The number of Topliss-reactive ketones (excluding diaryl/α,β-unsaturated/α-hetero) is 1. The summed E-state index contributed by atoms with van der Waals surface area (Å²) in [5.74, 6) is -0.0163. The number of carbonyl (C=O) groups excluding carboxylic acids is 1. The monoisotopic (exact) mass is 158 g/mol. The van der Waals surface area contributed by atoms with E-state index in [4.69, 9.17) is 15.3 Å². The van der Waals surface area contributed by atoms with Gasteiger partial charge in [0.1, 0.15) is 0 Å². The van der Waals surface area contributed by atoms with Crippen LogP contribution in [0.2, 0.25) is 0 Å². The average molecular weight is 158 g/mol. The van der Waals surface area contributed by atoms with Crippen molar-refractivity contribution in [2.24, 2.45) is 4.99 Å². The molecule has 0 heterocycles. The number of carbonyl (C=O) groups is 1. The van der Waals surface area contributed by atoms with E-state index < -0.39 is 0 Å². The molecule has 0 rings (SSSR count). The van der Waals surface area contributed by atoms with Crippen LogP contribution >= 0.6 is 0 Å². The Morgan fingerprint density at radius 1 is 1.42 bits per heavy atom. The van der Waals surface area contributed by atoms with Gasteiger partial charge in [-0.3, -0.25) is 0 Å². The van der Waals surface area contributed by atoms with Gasteiger partial charge in [0.05, 0.1) is 0 Å². The average Bonchev–Trinajstić information content (AvgIpc) is 1.98. The molecule has 0 fully saturated rings. The van der Waals surface area contributed by atoms with E-state index in [1.807, 2.05) is 0 Å². The van der Waals surface area contributed by atoms with Gasteiger partial charge in [-0.05, 0) is 0 Å². The molecule has 4 heteroatoms. The number of nitrogens with zero attached hydrogens (tertiary/aromatic N) is 1. The van der Waals surface area contributed by atoms with E-state index in [0.717, 1.165) is 0 Å². The zero-order valence-corrected chi connectivity index (χ0v) is 7.59. The molecule has 0 unspecified atom stereocenters. The summed E-state index contributed by atoms with van der Waals surface area (Å²) in [6.07, 6.45) is 1.57. The molecule has 0 spiro atoms. The Balaban J connectivity index is 4.72. The minimum atomic E-state index is -0.0163.